The van der Waals surface area contributed by atoms with Crippen molar-refractivity contribution in [3.05, 3.63) is 42.0 Å². The molecule has 1 saturated heterocycles. The molecule has 1 aromatic carbocycles. The molecule has 1 aliphatic rings. The normalized spacial score (nSPS) is 19.8. The fourth-order valence-electron chi connectivity index (χ4n) is 1.41. The van der Waals surface area contributed by atoms with E-state index < -0.39 is 13.6 Å². The number of benzene rings is 1. The first-order valence-electron chi connectivity index (χ1n) is 5.34. The third kappa shape index (κ3) is 7.11. The van der Waals surface area contributed by atoms with Gasteiger partial charge in [-0.1, -0.05) is 30.3 Å². The molecule has 0 spiro atoms. The summed E-state index contributed by atoms with van der Waals surface area (Å²) in [7, 11) is 9.78. The van der Waals surface area contributed by atoms with Crippen molar-refractivity contribution in [3.8, 4) is 0 Å². The van der Waals surface area contributed by atoms with Crippen LogP contribution in [-0.4, -0.2) is 37.8 Å². The van der Waals surface area contributed by atoms with Crippen LogP contribution in [-0.2, 0) is 4.74 Å². The first kappa shape index (κ1) is 15.1. The summed E-state index contributed by atoms with van der Waals surface area (Å²) in [5.74, 6) is 0. The summed E-state index contributed by atoms with van der Waals surface area (Å²) in [6.45, 7) is 1.75. The number of hydrogen-bond donors (Lipinski definition) is 0. The van der Waals surface area contributed by atoms with Crippen LogP contribution in [0.4, 0.5) is 0 Å². The maximum atomic E-state index is 5.45. The molecule has 2 radical (unpaired) electrons. The number of hydrogen-bond acceptors (Lipinski definition) is 1. The van der Waals surface area contributed by atoms with E-state index in [1.807, 2.05) is 24.3 Å². The fourth-order valence-corrected chi connectivity index (χ4v) is 1.41. The molecule has 0 aromatic heterocycles. The Morgan fingerprint density at radius 2 is 2.00 bits per heavy atom. The fraction of sp³-hybridized carbons (Fsp3) is 0.333. The second-order valence-electron chi connectivity index (χ2n) is 3.36. The topological polar surface area (TPSA) is 22.0 Å². The molecule has 1 aliphatic heterocycles. The van der Waals surface area contributed by atoms with Crippen molar-refractivity contribution < 1.29 is 9.47 Å². The molecule has 1 fully saturated rings. The predicted molar refractivity (Wildman–Crippen MR) is 74.4 cm³/mol. The zero-order valence-corrected chi connectivity index (χ0v) is 13.0. The summed E-state index contributed by atoms with van der Waals surface area (Å²) < 4.78 is 9.78. The van der Waals surface area contributed by atoms with Gasteiger partial charge in [-0.15, -0.1) is 0 Å². The van der Waals surface area contributed by atoms with E-state index in [0.29, 0.717) is 0 Å². The van der Waals surface area contributed by atoms with Crippen LogP contribution in [0.2, 0.25) is 0 Å². The SMILES string of the molecule is C(=C\C1OCCC[OH+]1)/c1ccccc1.[Cl][Ge][Cl]. The van der Waals surface area contributed by atoms with Crippen molar-refractivity contribution >= 4 is 39.7 Å². The third-order valence-corrected chi connectivity index (χ3v) is 2.15. The van der Waals surface area contributed by atoms with Crippen molar-refractivity contribution in [2.24, 2.45) is 0 Å². The molecule has 0 bridgehead atoms. The van der Waals surface area contributed by atoms with Gasteiger partial charge in [0.15, 0.2) is 0 Å². The van der Waals surface area contributed by atoms with Gasteiger partial charge in [0.05, 0.1) is 6.61 Å². The number of ether oxygens (including phenoxy) is 2. The Balaban J connectivity index is 0.000000437. The van der Waals surface area contributed by atoms with Crippen molar-refractivity contribution in [1.29, 1.82) is 0 Å². The van der Waals surface area contributed by atoms with Crippen LogP contribution >= 0.6 is 20.0 Å². The molecule has 0 aliphatic carbocycles. The number of rotatable bonds is 2. The minimum absolute atomic E-state index is 0.0380. The molecule has 1 atom stereocenters. The number of halogens is 2. The Hall–Kier alpha value is 0.00286. The van der Waals surface area contributed by atoms with Gasteiger partial charge >= 0.3 is 33.6 Å². The van der Waals surface area contributed by atoms with E-state index in [1.165, 1.54) is 5.56 Å². The van der Waals surface area contributed by atoms with Crippen molar-refractivity contribution in [3.63, 3.8) is 0 Å². The molecule has 17 heavy (non-hydrogen) atoms. The Morgan fingerprint density at radius 1 is 1.29 bits per heavy atom. The summed E-state index contributed by atoms with van der Waals surface area (Å²) in [6.07, 6.45) is 5.08. The molecule has 0 amide bonds. The Labute approximate surface area is 117 Å². The molecule has 1 N–H and O–H groups in total. The summed E-state index contributed by atoms with van der Waals surface area (Å²) in [6, 6.07) is 10.2. The molecule has 1 unspecified atom stereocenters. The molecule has 2 nitrogen and oxygen atoms in total. The standard InChI is InChI=1S/C12H14O2.Cl2Ge/c1-2-5-11(6-3-1)7-8-12-13-9-4-10-14-12;1-3-2/h1-3,5-8,12H,4,9-10H2;/p+1/b8-7+;. The monoisotopic (exact) mass is 335 g/mol. The summed E-state index contributed by atoms with van der Waals surface area (Å²) >= 11 is -0.556. The van der Waals surface area contributed by atoms with Crippen LogP contribution in [0.25, 0.3) is 6.08 Å². The second-order valence-corrected chi connectivity index (χ2v) is 6.63. The first-order valence-corrected chi connectivity index (χ1v) is 10.9. The average molecular weight is 335 g/mol. The van der Waals surface area contributed by atoms with Crippen molar-refractivity contribution in [1.82, 2.24) is 0 Å². The summed E-state index contributed by atoms with van der Waals surface area (Å²) in [4.78, 5) is 0. The molecule has 1 aromatic rings. The van der Waals surface area contributed by atoms with Crippen LogP contribution in [0.3, 0.4) is 0 Å². The Bertz CT molecular complexity index is 314. The van der Waals surface area contributed by atoms with E-state index >= 15 is 0 Å². The van der Waals surface area contributed by atoms with Crippen LogP contribution in [0.15, 0.2) is 36.4 Å². The van der Waals surface area contributed by atoms with Gasteiger partial charge in [-0.05, 0) is 11.6 Å². The van der Waals surface area contributed by atoms with Gasteiger partial charge < -0.3 is 9.47 Å². The van der Waals surface area contributed by atoms with Gasteiger partial charge in [0, 0.05) is 12.5 Å². The van der Waals surface area contributed by atoms with E-state index in [-0.39, 0.29) is 6.29 Å². The quantitative estimate of drug-likeness (QED) is 0.602. The molecule has 2 rings (SSSR count). The maximum absolute atomic E-state index is 5.45. The van der Waals surface area contributed by atoms with Gasteiger partial charge in [-0.25, -0.2) is 0 Å². The number of aliphatic hydroxyl groups is 2. The third-order valence-electron chi connectivity index (χ3n) is 2.15. The van der Waals surface area contributed by atoms with E-state index in [1.54, 1.807) is 0 Å². The van der Waals surface area contributed by atoms with Gasteiger partial charge in [0.2, 0.25) is 0 Å². The average Bonchev–Trinajstić information content (AvgIpc) is 2.40. The van der Waals surface area contributed by atoms with E-state index in [4.69, 9.17) is 24.8 Å². The molecule has 5 heteroatoms. The van der Waals surface area contributed by atoms with E-state index in [0.717, 1.165) is 19.6 Å². The van der Waals surface area contributed by atoms with Crippen LogP contribution in [0.1, 0.15) is 12.0 Å². The second kappa shape index (κ2) is 9.97. The van der Waals surface area contributed by atoms with Gasteiger partial charge in [-0.2, -0.15) is 0 Å². The summed E-state index contributed by atoms with van der Waals surface area (Å²) in [5, 5.41) is 0. The molecule has 1 heterocycles. The Morgan fingerprint density at radius 3 is 2.59 bits per heavy atom. The van der Waals surface area contributed by atoms with E-state index in [2.05, 4.69) is 22.9 Å². The van der Waals surface area contributed by atoms with Gasteiger partial charge in [0.1, 0.15) is 6.61 Å². The zero-order chi connectivity index (χ0) is 12.3. The van der Waals surface area contributed by atoms with Crippen LogP contribution < -0.4 is 0 Å². The predicted octanol–water partition coefficient (Wildman–Crippen LogP) is 2.97. The molecule has 92 valence electrons. The van der Waals surface area contributed by atoms with Gasteiger partial charge in [-0.3, -0.25) is 0 Å². The minimum atomic E-state index is -0.556. The van der Waals surface area contributed by atoms with Crippen LogP contribution in [0, 0.1) is 0 Å². The molecular weight excluding hydrogens is 320 g/mol. The Kier molecular flexibility index (Phi) is 8.84. The molecular formula is C12H15Cl2GeO2+. The van der Waals surface area contributed by atoms with Crippen molar-refractivity contribution in [2.75, 3.05) is 13.2 Å². The van der Waals surface area contributed by atoms with Gasteiger partial charge in [0.25, 0.3) is 6.29 Å². The zero-order valence-electron chi connectivity index (χ0n) is 9.35. The van der Waals surface area contributed by atoms with E-state index in [9.17, 15) is 0 Å². The summed E-state index contributed by atoms with van der Waals surface area (Å²) in [5.41, 5.74) is 1.19. The van der Waals surface area contributed by atoms with Crippen molar-refractivity contribution in [2.45, 2.75) is 12.7 Å². The first-order chi connectivity index (χ1) is 8.36. The van der Waals surface area contributed by atoms with Crippen LogP contribution in [0.5, 0.6) is 0 Å². The molecule has 0 saturated carbocycles.